The first-order chi connectivity index (χ1) is 5.00. The molecule has 0 aromatic carbocycles. The van der Waals surface area contributed by atoms with E-state index in [1.807, 2.05) is 13.8 Å². The van der Waals surface area contributed by atoms with Gasteiger partial charge in [0.15, 0.2) is 0 Å². The fraction of sp³-hybridized carbons (Fsp3) is 0.700. The monoisotopic (exact) mass is 152 g/mol. The zero-order valence-electron chi connectivity index (χ0n) is 7.73. The van der Waals surface area contributed by atoms with E-state index < -0.39 is 0 Å². The molecule has 1 aliphatic carbocycles. The fourth-order valence-electron chi connectivity index (χ4n) is 1.48. The highest BCUT2D eigenvalue weighted by Gasteiger charge is 2.51. The topological polar surface area (TPSA) is 20.2 Å². The molecule has 0 spiro atoms. The van der Waals surface area contributed by atoms with Crippen LogP contribution in [0.5, 0.6) is 0 Å². The van der Waals surface area contributed by atoms with Crippen LogP contribution in [0, 0.1) is 11.3 Å². The van der Waals surface area contributed by atoms with E-state index in [9.17, 15) is 0 Å². The fourth-order valence-corrected chi connectivity index (χ4v) is 1.48. The molecule has 1 fully saturated rings. The zero-order chi connectivity index (χ0) is 8.65. The van der Waals surface area contributed by atoms with Crippen LogP contribution >= 0.6 is 0 Å². The van der Waals surface area contributed by atoms with Crippen molar-refractivity contribution in [2.45, 2.75) is 27.7 Å². The van der Waals surface area contributed by atoms with Gasteiger partial charge in [-0.05, 0) is 25.0 Å². The van der Waals surface area contributed by atoms with Gasteiger partial charge in [-0.2, -0.15) is 0 Å². The van der Waals surface area contributed by atoms with Crippen molar-refractivity contribution in [3.8, 4) is 0 Å². The van der Waals surface area contributed by atoms with Crippen LogP contribution < -0.4 is 0 Å². The maximum atomic E-state index is 8.95. The third kappa shape index (κ3) is 1.40. The Morgan fingerprint density at radius 1 is 1.55 bits per heavy atom. The molecule has 0 saturated heterocycles. The molecule has 1 N–H and O–H groups in total. The Morgan fingerprint density at radius 3 is 2.36 bits per heavy atom. The van der Waals surface area contributed by atoms with Gasteiger partial charge in [-0.25, -0.2) is 0 Å². The van der Waals surface area contributed by atoms with Gasteiger partial charge in [0.05, 0.1) is 6.61 Å². The van der Waals surface area contributed by atoms with Crippen molar-refractivity contribution in [3.05, 3.63) is 16.9 Å². The number of aliphatic hydroxyl groups is 1. The highest BCUT2D eigenvalue weighted by molar-refractivity contribution is 5.35. The molecule has 62 valence electrons. The lowest BCUT2D eigenvalue weighted by Gasteiger charge is -1.93. The molecule has 1 aliphatic rings. The second-order valence-corrected chi connectivity index (χ2v) is 4.00. The maximum absolute atomic E-state index is 8.95. The molecule has 1 nitrogen and oxygen atoms in total. The predicted molar refractivity (Wildman–Crippen MR) is 46.2 cm³/mol. The van der Waals surface area contributed by atoms with E-state index in [2.05, 4.69) is 19.6 Å². The number of hydrogen-bond donors (Lipinski definition) is 1. The average molecular weight is 152 g/mol. The van der Waals surface area contributed by atoms with Crippen molar-refractivity contribution < 1.29 is 5.11 Å². The Hall–Kier alpha value is -0.520. The molecule has 1 atom stereocenters. The lowest BCUT2D eigenvalue weighted by Crippen LogP contribution is -1.93. The third-order valence-electron chi connectivity index (χ3n) is 2.40. The summed E-state index contributed by atoms with van der Waals surface area (Å²) in [5, 5.41) is 8.95. The van der Waals surface area contributed by atoms with Crippen LogP contribution in [0.3, 0.4) is 0 Å². The molecule has 0 heterocycles. The summed E-state index contributed by atoms with van der Waals surface area (Å²) in [7, 11) is 0. The first-order valence-electron chi connectivity index (χ1n) is 4.05. The Bertz CT molecular complexity index is 225. The van der Waals surface area contributed by atoms with Crippen LogP contribution in [-0.4, -0.2) is 11.7 Å². The van der Waals surface area contributed by atoms with E-state index in [-0.39, 0.29) is 12.0 Å². The van der Waals surface area contributed by atoms with Crippen molar-refractivity contribution in [2.75, 3.05) is 6.61 Å². The highest BCUT2D eigenvalue weighted by atomic mass is 16.3. The average Bonchev–Trinajstić information content (AvgIpc) is 2.33. The Kier molecular flexibility index (Phi) is 1.96. The summed E-state index contributed by atoms with van der Waals surface area (Å²) in [6.07, 6.45) is 0. The van der Waals surface area contributed by atoms with Crippen molar-refractivity contribution in [3.63, 3.8) is 0 Å². The van der Waals surface area contributed by atoms with Crippen LogP contribution in [0.15, 0.2) is 16.9 Å². The van der Waals surface area contributed by atoms with Gasteiger partial charge < -0.3 is 5.11 Å². The lowest BCUT2D eigenvalue weighted by atomic mass is 10.1. The predicted octanol–water partition coefficient (Wildman–Crippen LogP) is 2.13. The molecule has 0 amide bonds. The van der Waals surface area contributed by atoms with E-state index in [0.29, 0.717) is 5.92 Å². The van der Waals surface area contributed by atoms with Crippen LogP contribution in [0.25, 0.3) is 0 Å². The smallest absolute Gasteiger partial charge is 0.0511 e. The van der Waals surface area contributed by atoms with Crippen LogP contribution in [0.1, 0.15) is 27.7 Å². The first kappa shape index (κ1) is 8.58. The summed E-state index contributed by atoms with van der Waals surface area (Å²) in [6.45, 7) is 8.65. The van der Waals surface area contributed by atoms with Gasteiger partial charge in [-0.15, -0.1) is 5.73 Å². The molecule has 11 heavy (non-hydrogen) atoms. The standard InChI is InChI=1S/C10H16O/c1-7(2)5-8-9(6-11)10(8,3)4/h9,11H,6H2,1-4H3. The van der Waals surface area contributed by atoms with Crippen molar-refractivity contribution in [2.24, 2.45) is 11.3 Å². The van der Waals surface area contributed by atoms with Crippen molar-refractivity contribution >= 4 is 0 Å². The van der Waals surface area contributed by atoms with E-state index in [1.54, 1.807) is 0 Å². The summed E-state index contributed by atoms with van der Waals surface area (Å²) in [5.41, 5.74) is 5.96. The van der Waals surface area contributed by atoms with E-state index in [1.165, 1.54) is 11.1 Å². The Balaban J connectivity index is 2.91. The van der Waals surface area contributed by atoms with Crippen LogP contribution in [-0.2, 0) is 0 Å². The molecule has 1 unspecified atom stereocenters. The normalized spacial score (nSPS) is 26.3. The molecular weight excluding hydrogens is 136 g/mol. The van der Waals surface area contributed by atoms with Crippen molar-refractivity contribution in [1.29, 1.82) is 0 Å². The molecule has 0 aromatic heterocycles. The number of aliphatic hydroxyl groups excluding tert-OH is 1. The highest BCUT2D eigenvalue weighted by Crippen LogP contribution is 2.56. The second kappa shape index (κ2) is 2.51. The van der Waals surface area contributed by atoms with Gasteiger partial charge in [0, 0.05) is 11.3 Å². The molecule has 1 heteroatoms. The minimum Gasteiger partial charge on any atom is -0.396 e. The quantitative estimate of drug-likeness (QED) is 0.571. The summed E-state index contributed by atoms with van der Waals surface area (Å²) < 4.78 is 0. The molecule has 0 bridgehead atoms. The van der Waals surface area contributed by atoms with Gasteiger partial charge >= 0.3 is 0 Å². The lowest BCUT2D eigenvalue weighted by molar-refractivity contribution is 0.259. The SMILES string of the molecule is CC(C)=C=C1C(CO)C1(C)C. The van der Waals surface area contributed by atoms with E-state index >= 15 is 0 Å². The second-order valence-electron chi connectivity index (χ2n) is 4.00. The van der Waals surface area contributed by atoms with Gasteiger partial charge in [-0.1, -0.05) is 13.8 Å². The minimum absolute atomic E-state index is 0.200. The minimum atomic E-state index is 0.200. The van der Waals surface area contributed by atoms with Crippen LogP contribution in [0.4, 0.5) is 0 Å². The van der Waals surface area contributed by atoms with Crippen molar-refractivity contribution in [1.82, 2.24) is 0 Å². The van der Waals surface area contributed by atoms with Gasteiger partial charge in [0.1, 0.15) is 0 Å². The summed E-state index contributed by atoms with van der Waals surface area (Å²) in [6, 6.07) is 0. The van der Waals surface area contributed by atoms with Gasteiger partial charge in [0.25, 0.3) is 0 Å². The van der Waals surface area contributed by atoms with Gasteiger partial charge in [-0.3, -0.25) is 0 Å². The molecule has 1 rings (SSSR count). The summed E-state index contributed by atoms with van der Waals surface area (Å²) >= 11 is 0. The van der Waals surface area contributed by atoms with Gasteiger partial charge in [0.2, 0.25) is 0 Å². The Labute approximate surface area is 68.4 Å². The number of rotatable bonds is 1. The zero-order valence-corrected chi connectivity index (χ0v) is 7.73. The van der Waals surface area contributed by atoms with E-state index in [4.69, 9.17) is 5.11 Å². The largest absolute Gasteiger partial charge is 0.396 e. The summed E-state index contributed by atoms with van der Waals surface area (Å²) in [4.78, 5) is 0. The molecule has 1 saturated carbocycles. The summed E-state index contributed by atoms with van der Waals surface area (Å²) in [5.74, 6) is 0.359. The van der Waals surface area contributed by atoms with Crippen LogP contribution in [0.2, 0.25) is 0 Å². The third-order valence-corrected chi connectivity index (χ3v) is 2.40. The molecule has 0 aliphatic heterocycles. The first-order valence-corrected chi connectivity index (χ1v) is 4.05. The van der Waals surface area contributed by atoms with E-state index in [0.717, 1.165) is 0 Å². The molecular formula is C10H16O. The molecule has 0 radical (unpaired) electrons. The maximum Gasteiger partial charge on any atom is 0.0511 e. The Morgan fingerprint density at radius 2 is 2.09 bits per heavy atom. The number of hydrogen-bond acceptors (Lipinski definition) is 1. The molecule has 0 aromatic rings.